The van der Waals surface area contributed by atoms with E-state index in [2.05, 4.69) is 9.97 Å². The van der Waals surface area contributed by atoms with E-state index in [1.165, 1.54) is 15.9 Å². The molecule has 0 saturated heterocycles. The Balaban J connectivity index is 2.84. The summed E-state index contributed by atoms with van der Waals surface area (Å²) in [6.07, 6.45) is 0. The largest absolute Gasteiger partial charge is 0.330 e. The van der Waals surface area contributed by atoms with Crippen LogP contribution >= 0.6 is 11.3 Å². The number of thiazole rings is 1. The van der Waals surface area contributed by atoms with Crippen LogP contribution in [0.25, 0.3) is 10.3 Å². The van der Waals surface area contributed by atoms with E-state index >= 15 is 0 Å². The fraction of sp³-hybridized carbons (Fsp3) is 0.545. The molecule has 0 unspecified atom stereocenters. The zero-order chi connectivity index (χ0) is 12.7. The van der Waals surface area contributed by atoms with Crippen LogP contribution in [0.5, 0.6) is 0 Å². The molecule has 0 radical (unpaired) electrons. The number of aromatic amines is 1. The highest BCUT2D eigenvalue weighted by Gasteiger charge is 2.15. The predicted molar refractivity (Wildman–Crippen MR) is 69.0 cm³/mol. The number of hydrogen-bond acceptors (Lipinski definition) is 4. The highest BCUT2D eigenvalue weighted by Crippen LogP contribution is 2.23. The molecule has 0 bridgehead atoms. The highest BCUT2D eigenvalue weighted by molar-refractivity contribution is 7.18. The monoisotopic (exact) mass is 253 g/mol. The lowest BCUT2D eigenvalue weighted by atomic mass is 10.2. The number of H-pyrrole nitrogens is 1. The minimum Gasteiger partial charge on any atom is -0.290 e. The van der Waals surface area contributed by atoms with Gasteiger partial charge in [-0.05, 0) is 13.8 Å². The molecule has 92 valence electrons. The van der Waals surface area contributed by atoms with Crippen LogP contribution in [0.3, 0.4) is 0 Å². The minimum atomic E-state index is -0.391. The van der Waals surface area contributed by atoms with Gasteiger partial charge in [-0.15, -0.1) is 11.3 Å². The average Bonchev–Trinajstić information content (AvgIpc) is 2.60. The molecule has 2 rings (SSSR count). The summed E-state index contributed by atoms with van der Waals surface area (Å²) < 4.78 is 1.76. The van der Waals surface area contributed by atoms with Gasteiger partial charge in [0.1, 0.15) is 4.70 Å². The van der Waals surface area contributed by atoms with Gasteiger partial charge in [0.2, 0.25) is 0 Å². The molecule has 0 aliphatic rings. The first-order valence-electron chi connectivity index (χ1n) is 5.57. The van der Waals surface area contributed by atoms with Gasteiger partial charge in [0.25, 0.3) is 5.56 Å². The van der Waals surface area contributed by atoms with Crippen molar-refractivity contribution in [1.82, 2.24) is 14.5 Å². The van der Waals surface area contributed by atoms with Crippen LogP contribution in [0.2, 0.25) is 0 Å². The average molecular weight is 253 g/mol. The number of aromatic nitrogens is 3. The van der Waals surface area contributed by atoms with Gasteiger partial charge in [-0.2, -0.15) is 0 Å². The Morgan fingerprint density at radius 3 is 2.41 bits per heavy atom. The molecule has 0 amide bonds. The lowest BCUT2D eigenvalue weighted by molar-refractivity contribution is 0.552. The molecular formula is C11H15N3O2S. The van der Waals surface area contributed by atoms with Gasteiger partial charge >= 0.3 is 5.69 Å². The Kier molecular flexibility index (Phi) is 2.91. The normalized spacial score (nSPS) is 11.9. The molecule has 2 aromatic heterocycles. The summed E-state index contributed by atoms with van der Waals surface area (Å²) in [5.41, 5.74) is -0.230. The van der Waals surface area contributed by atoms with Crippen LogP contribution in [-0.2, 0) is 0 Å². The lowest BCUT2D eigenvalue weighted by Crippen LogP contribution is -2.35. The van der Waals surface area contributed by atoms with E-state index in [9.17, 15) is 9.59 Å². The minimum absolute atomic E-state index is 0.153. The Morgan fingerprint density at radius 1 is 1.24 bits per heavy atom. The highest BCUT2D eigenvalue weighted by atomic mass is 32.1. The van der Waals surface area contributed by atoms with Crippen molar-refractivity contribution in [1.29, 1.82) is 0 Å². The van der Waals surface area contributed by atoms with Crippen molar-refractivity contribution in [3.8, 4) is 0 Å². The van der Waals surface area contributed by atoms with Gasteiger partial charge < -0.3 is 0 Å². The topological polar surface area (TPSA) is 67.8 Å². The molecule has 0 fully saturated rings. The number of hydrogen-bond donors (Lipinski definition) is 1. The number of fused-ring (bicyclic) bond motifs is 1. The number of nitrogens with zero attached hydrogens (tertiary/aromatic N) is 2. The van der Waals surface area contributed by atoms with Crippen LogP contribution in [0, 0.1) is 0 Å². The molecule has 0 spiro atoms. The molecule has 6 heteroatoms. The molecule has 0 aromatic carbocycles. The smallest absolute Gasteiger partial charge is 0.290 e. The van der Waals surface area contributed by atoms with Gasteiger partial charge in [0.15, 0.2) is 5.65 Å². The second-order valence-electron chi connectivity index (χ2n) is 4.58. The van der Waals surface area contributed by atoms with Gasteiger partial charge in [0, 0.05) is 12.0 Å². The van der Waals surface area contributed by atoms with E-state index < -0.39 is 5.69 Å². The van der Waals surface area contributed by atoms with E-state index in [-0.39, 0.29) is 17.5 Å². The third-order valence-corrected chi connectivity index (χ3v) is 3.86. The molecular weight excluding hydrogens is 238 g/mol. The first kappa shape index (κ1) is 12.0. The maximum absolute atomic E-state index is 12.1. The molecule has 5 nitrogen and oxygen atoms in total. The summed E-state index contributed by atoms with van der Waals surface area (Å²) in [5, 5.41) is 0.870. The van der Waals surface area contributed by atoms with Crippen LogP contribution in [0.1, 0.15) is 44.7 Å². The maximum Gasteiger partial charge on any atom is 0.330 e. The van der Waals surface area contributed by atoms with Crippen molar-refractivity contribution in [2.75, 3.05) is 0 Å². The molecule has 2 aromatic rings. The van der Waals surface area contributed by atoms with Crippen molar-refractivity contribution < 1.29 is 0 Å². The van der Waals surface area contributed by atoms with Crippen molar-refractivity contribution in [2.24, 2.45) is 0 Å². The van der Waals surface area contributed by atoms with Gasteiger partial charge in [-0.25, -0.2) is 9.78 Å². The number of rotatable bonds is 2. The van der Waals surface area contributed by atoms with Gasteiger partial charge in [-0.1, -0.05) is 13.8 Å². The summed E-state index contributed by atoms with van der Waals surface area (Å²) in [6.45, 7) is 7.65. The lowest BCUT2D eigenvalue weighted by Gasteiger charge is -2.06. The molecule has 0 saturated carbocycles. The Morgan fingerprint density at radius 2 is 1.88 bits per heavy atom. The number of nitrogens with one attached hydrogen (secondary N) is 1. The summed E-state index contributed by atoms with van der Waals surface area (Å²) in [5.74, 6) is 0.253. The summed E-state index contributed by atoms with van der Waals surface area (Å²) in [4.78, 5) is 30.8. The van der Waals surface area contributed by atoms with Crippen LogP contribution in [0.15, 0.2) is 9.59 Å². The molecule has 2 heterocycles. The predicted octanol–water partition coefficient (Wildman–Crippen LogP) is 1.85. The summed E-state index contributed by atoms with van der Waals surface area (Å²) >= 11 is 1.36. The van der Waals surface area contributed by atoms with E-state index in [1.807, 2.05) is 27.7 Å². The Bertz CT molecular complexity index is 663. The van der Waals surface area contributed by atoms with E-state index in [0.717, 1.165) is 5.01 Å². The fourth-order valence-electron chi connectivity index (χ4n) is 1.65. The SMILES string of the molecule is CC(C)c1nc2[nH]c(=O)n(C(C)C)c(=O)c2s1. The Hall–Kier alpha value is -1.43. The van der Waals surface area contributed by atoms with E-state index in [0.29, 0.717) is 10.3 Å². The van der Waals surface area contributed by atoms with Crippen LogP contribution < -0.4 is 11.2 Å². The second kappa shape index (κ2) is 4.10. The zero-order valence-electron chi connectivity index (χ0n) is 10.3. The molecule has 0 aliphatic carbocycles. The standard InChI is InChI=1S/C11H15N3O2S/c1-5(2)9-12-8-7(17-9)10(15)14(6(3)4)11(16)13-8/h5-6H,1-4H3,(H,13,16). The van der Waals surface area contributed by atoms with E-state index in [4.69, 9.17) is 0 Å². The summed E-state index contributed by atoms with van der Waals surface area (Å²) in [7, 11) is 0. The molecule has 17 heavy (non-hydrogen) atoms. The van der Waals surface area contributed by atoms with E-state index in [1.54, 1.807) is 0 Å². The van der Waals surface area contributed by atoms with Crippen LogP contribution in [0.4, 0.5) is 0 Å². The van der Waals surface area contributed by atoms with Crippen LogP contribution in [-0.4, -0.2) is 14.5 Å². The van der Waals surface area contributed by atoms with Crippen molar-refractivity contribution in [3.05, 3.63) is 25.8 Å². The third kappa shape index (κ3) is 1.93. The van der Waals surface area contributed by atoms with Crippen molar-refractivity contribution in [2.45, 2.75) is 39.7 Å². The molecule has 0 atom stereocenters. The Labute approximate surface area is 102 Å². The molecule has 1 N–H and O–H groups in total. The zero-order valence-corrected chi connectivity index (χ0v) is 11.1. The molecule has 0 aliphatic heterocycles. The third-order valence-electron chi connectivity index (χ3n) is 2.51. The quantitative estimate of drug-likeness (QED) is 0.888. The van der Waals surface area contributed by atoms with Gasteiger partial charge in [-0.3, -0.25) is 14.3 Å². The van der Waals surface area contributed by atoms with Crippen molar-refractivity contribution >= 4 is 21.7 Å². The maximum atomic E-state index is 12.1. The first-order valence-corrected chi connectivity index (χ1v) is 6.38. The van der Waals surface area contributed by atoms with Gasteiger partial charge in [0.05, 0.1) is 5.01 Å². The fourth-order valence-corrected chi connectivity index (χ4v) is 2.61. The summed E-state index contributed by atoms with van der Waals surface area (Å²) in [6, 6.07) is -0.153. The van der Waals surface area contributed by atoms with Crippen molar-refractivity contribution in [3.63, 3.8) is 0 Å². The second-order valence-corrected chi connectivity index (χ2v) is 5.61. The first-order chi connectivity index (χ1) is 7.91.